The molecule has 0 spiro atoms. The first-order valence-corrected chi connectivity index (χ1v) is 6.85. The van der Waals surface area contributed by atoms with E-state index in [0.717, 1.165) is 11.4 Å². The SMILES string of the molecule is NCC1COC(=O)N1c1ccc(N2CCOCC2=O)cc1. The maximum Gasteiger partial charge on any atom is 0.414 e. The number of anilines is 2. The highest BCUT2D eigenvalue weighted by Gasteiger charge is 2.33. The van der Waals surface area contributed by atoms with Gasteiger partial charge in [-0.1, -0.05) is 0 Å². The van der Waals surface area contributed by atoms with Crippen LogP contribution < -0.4 is 15.5 Å². The average Bonchev–Trinajstić information content (AvgIpc) is 2.89. The van der Waals surface area contributed by atoms with Crippen LogP contribution in [0.2, 0.25) is 0 Å². The lowest BCUT2D eigenvalue weighted by Crippen LogP contribution is -2.41. The normalized spacial score (nSPS) is 22.6. The van der Waals surface area contributed by atoms with Gasteiger partial charge in [-0.25, -0.2) is 4.79 Å². The van der Waals surface area contributed by atoms with Crippen LogP contribution >= 0.6 is 0 Å². The molecule has 1 unspecified atom stereocenters. The van der Waals surface area contributed by atoms with E-state index in [0.29, 0.717) is 26.3 Å². The highest BCUT2D eigenvalue weighted by atomic mass is 16.6. The summed E-state index contributed by atoms with van der Waals surface area (Å²) in [6, 6.07) is 7.09. The summed E-state index contributed by atoms with van der Waals surface area (Å²) in [4.78, 5) is 26.8. The van der Waals surface area contributed by atoms with E-state index in [2.05, 4.69) is 0 Å². The van der Waals surface area contributed by atoms with Gasteiger partial charge in [0, 0.05) is 24.5 Å². The maximum atomic E-state index is 11.8. The summed E-state index contributed by atoms with van der Waals surface area (Å²) in [5.74, 6) is -0.0607. The van der Waals surface area contributed by atoms with Crippen LogP contribution in [0.25, 0.3) is 0 Å². The molecule has 1 aromatic rings. The highest BCUT2D eigenvalue weighted by Crippen LogP contribution is 2.26. The Balaban J connectivity index is 1.80. The van der Waals surface area contributed by atoms with E-state index in [1.807, 2.05) is 12.1 Å². The van der Waals surface area contributed by atoms with Crippen LogP contribution in [0.15, 0.2) is 24.3 Å². The monoisotopic (exact) mass is 291 g/mol. The summed E-state index contributed by atoms with van der Waals surface area (Å²) >= 11 is 0. The lowest BCUT2D eigenvalue weighted by Gasteiger charge is -2.27. The van der Waals surface area contributed by atoms with Crippen molar-refractivity contribution in [1.29, 1.82) is 0 Å². The van der Waals surface area contributed by atoms with Crippen LogP contribution in [0.1, 0.15) is 0 Å². The number of morpholine rings is 1. The molecule has 2 heterocycles. The third-order valence-electron chi connectivity index (χ3n) is 3.66. The molecule has 7 nitrogen and oxygen atoms in total. The van der Waals surface area contributed by atoms with Crippen molar-refractivity contribution in [3.63, 3.8) is 0 Å². The molecule has 3 rings (SSSR count). The second kappa shape index (κ2) is 5.71. The minimum absolute atomic E-state index is 0.0607. The molecule has 1 atom stereocenters. The lowest BCUT2D eigenvalue weighted by molar-refractivity contribution is -0.125. The number of carbonyl (C=O) groups excluding carboxylic acids is 2. The van der Waals surface area contributed by atoms with E-state index in [-0.39, 0.29) is 24.6 Å². The van der Waals surface area contributed by atoms with Gasteiger partial charge in [0.2, 0.25) is 0 Å². The largest absolute Gasteiger partial charge is 0.447 e. The number of amides is 2. The molecule has 7 heteroatoms. The number of rotatable bonds is 3. The molecule has 2 N–H and O–H groups in total. The van der Waals surface area contributed by atoms with Crippen LogP contribution in [0.5, 0.6) is 0 Å². The molecule has 0 aliphatic carbocycles. The van der Waals surface area contributed by atoms with Crippen molar-refractivity contribution in [2.45, 2.75) is 6.04 Å². The van der Waals surface area contributed by atoms with E-state index in [1.54, 1.807) is 21.9 Å². The van der Waals surface area contributed by atoms with Crippen LogP contribution in [-0.2, 0) is 14.3 Å². The van der Waals surface area contributed by atoms with Gasteiger partial charge in [0.25, 0.3) is 5.91 Å². The second-order valence-corrected chi connectivity index (χ2v) is 4.95. The summed E-state index contributed by atoms with van der Waals surface area (Å²) in [6.07, 6.45) is -0.388. The van der Waals surface area contributed by atoms with Crippen LogP contribution in [0, 0.1) is 0 Å². The summed E-state index contributed by atoms with van der Waals surface area (Å²) in [7, 11) is 0. The molecule has 2 fully saturated rings. The zero-order valence-electron chi connectivity index (χ0n) is 11.5. The van der Waals surface area contributed by atoms with Gasteiger partial charge in [0.15, 0.2) is 0 Å². The van der Waals surface area contributed by atoms with E-state index in [4.69, 9.17) is 15.2 Å². The Bertz CT molecular complexity index is 546. The van der Waals surface area contributed by atoms with Crippen molar-refractivity contribution >= 4 is 23.4 Å². The molecule has 2 aliphatic heterocycles. The Labute approximate surface area is 122 Å². The molecule has 1 aromatic carbocycles. The molecule has 0 bridgehead atoms. The predicted octanol–water partition coefficient (Wildman–Crippen LogP) is 0.334. The van der Waals surface area contributed by atoms with Gasteiger partial charge in [-0.2, -0.15) is 0 Å². The van der Waals surface area contributed by atoms with E-state index >= 15 is 0 Å². The first kappa shape index (κ1) is 13.8. The van der Waals surface area contributed by atoms with Crippen molar-refractivity contribution in [2.24, 2.45) is 5.73 Å². The van der Waals surface area contributed by atoms with E-state index in [9.17, 15) is 9.59 Å². The van der Waals surface area contributed by atoms with Crippen molar-refractivity contribution in [3.05, 3.63) is 24.3 Å². The summed E-state index contributed by atoms with van der Waals surface area (Å²) in [5.41, 5.74) is 7.16. The highest BCUT2D eigenvalue weighted by molar-refractivity contribution is 5.95. The van der Waals surface area contributed by atoms with Gasteiger partial charge in [0.05, 0.1) is 12.6 Å². The topological polar surface area (TPSA) is 85.1 Å². The van der Waals surface area contributed by atoms with Gasteiger partial charge >= 0.3 is 6.09 Å². The number of nitrogens with zero attached hydrogens (tertiary/aromatic N) is 2. The maximum absolute atomic E-state index is 11.8. The Morgan fingerprint density at radius 1 is 1.19 bits per heavy atom. The second-order valence-electron chi connectivity index (χ2n) is 4.95. The molecule has 0 radical (unpaired) electrons. The van der Waals surface area contributed by atoms with Crippen LogP contribution in [0.4, 0.5) is 16.2 Å². The fourth-order valence-corrected chi connectivity index (χ4v) is 2.53. The Morgan fingerprint density at radius 3 is 2.57 bits per heavy atom. The standard InChI is InChI=1S/C14H17N3O4/c15-7-12-8-21-14(19)17(12)11-3-1-10(2-4-11)16-5-6-20-9-13(16)18/h1-4,12H,5-9,15H2. The smallest absolute Gasteiger partial charge is 0.414 e. The minimum Gasteiger partial charge on any atom is -0.447 e. The Morgan fingerprint density at radius 2 is 1.90 bits per heavy atom. The molecule has 112 valence electrons. The van der Waals surface area contributed by atoms with Crippen LogP contribution in [-0.4, -0.2) is 51.0 Å². The average molecular weight is 291 g/mol. The number of hydrogen-bond acceptors (Lipinski definition) is 5. The van der Waals surface area contributed by atoms with Crippen molar-refractivity contribution < 1.29 is 19.1 Å². The summed E-state index contributed by atoms with van der Waals surface area (Å²) in [5, 5.41) is 0. The predicted molar refractivity (Wildman–Crippen MR) is 76.3 cm³/mol. The summed E-state index contributed by atoms with van der Waals surface area (Å²) in [6.45, 7) is 1.82. The van der Waals surface area contributed by atoms with Crippen molar-refractivity contribution in [1.82, 2.24) is 0 Å². The minimum atomic E-state index is -0.388. The Hall–Kier alpha value is -2.12. The number of hydrogen-bond donors (Lipinski definition) is 1. The molecule has 2 aliphatic rings. The van der Waals surface area contributed by atoms with Crippen molar-refractivity contribution in [2.75, 3.05) is 42.7 Å². The molecule has 2 amide bonds. The number of ether oxygens (including phenoxy) is 2. The molecule has 21 heavy (non-hydrogen) atoms. The third kappa shape index (κ3) is 2.57. The fraction of sp³-hybridized carbons (Fsp3) is 0.429. The number of cyclic esters (lactones) is 1. The number of carbonyl (C=O) groups is 2. The fourth-order valence-electron chi connectivity index (χ4n) is 2.53. The molecule has 0 saturated carbocycles. The first-order valence-electron chi connectivity index (χ1n) is 6.85. The first-order chi connectivity index (χ1) is 10.2. The van der Waals surface area contributed by atoms with Gasteiger partial charge in [-0.3, -0.25) is 9.69 Å². The number of benzene rings is 1. The molecular formula is C14H17N3O4. The van der Waals surface area contributed by atoms with Gasteiger partial charge in [0.1, 0.15) is 13.2 Å². The zero-order chi connectivity index (χ0) is 14.8. The molecule has 2 saturated heterocycles. The third-order valence-corrected chi connectivity index (χ3v) is 3.66. The van der Waals surface area contributed by atoms with Gasteiger partial charge in [-0.15, -0.1) is 0 Å². The lowest BCUT2D eigenvalue weighted by atomic mass is 10.2. The zero-order valence-corrected chi connectivity index (χ0v) is 11.5. The molecule has 0 aromatic heterocycles. The quantitative estimate of drug-likeness (QED) is 0.867. The summed E-state index contributed by atoms with van der Waals surface area (Å²) < 4.78 is 10.1. The van der Waals surface area contributed by atoms with E-state index in [1.165, 1.54) is 0 Å². The van der Waals surface area contributed by atoms with Gasteiger partial charge < -0.3 is 20.1 Å². The number of nitrogens with two attached hydrogens (primary N) is 1. The molecular weight excluding hydrogens is 274 g/mol. The van der Waals surface area contributed by atoms with Crippen LogP contribution in [0.3, 0.4) is 0 Å². The Kier molecular flexibility index (Phi) is 3.76. The van der Waals surface area contributed by atoms with Gasteiger partial charge in [-0.05, 0) is 24.3 Å². The van der Waals surface area contributed by atoms with Crippen molar-refractivity contribution in [3.8, 4) is 0 Å². The van der Waals surface area contributed by atoms with E-state index < -0.39 is 0 Å².